The van der Waals surface area contributed by atoms with Crippen molar-refractivity contribution in [3.63, 3.8) is 0 Å². The lowest BCUT2D eigenvalue weighted by Gasteiger charge is -2.35. The average Bonchev–Trinajstić information content (AvgIpc) is 3.08. The second kappa shape index (κ2) is 8.04. The molecular weight excluding hydrogens is 328 g/mol. The molecule has 1 amide bonds. The highest BCUT2D eigenvalue weighted by Crippen LogP contribution is 2.26. The maximum absolute atomic E-state index is 12.3. The van der Waals surface area contributed by atoms with E-state index in [4.69, 9.17) is 4.74 Å². The number of carbonyl (C=O) groups excluding carboxylic acids is 2. The Hall–Kier alpha value is -2.82. The minimum atomic E-state index is -0.362. The molecule has 2 aromatic rings. The van der Waals surface area contributed by atoms with Crippen LogP contribution in [-0.4, -0.2) is 37.6 Å². The maximum atomic E-state index is 12.3. The van der Waals surface area contributed by atoms with E-state index in [2.05, 4.69) is 29.3 Å². The Labute approximate surface area is 154 Å². The van der Waals surface area contributed by atoms with Gasteiger partial charge in [-0.25, -0.2) is 4.79 Å². The van der Waals surface area contributed by atoms with Gasteiger partial charge in [-0.3, -0.25) is 4.79 Å². The zero-order valence-electron chi connectivity index (χ0n) is 15.1. The molecule has 1 fully saturated rings. The Morgan fingerprint density at radius 3 is 2.46 bits per heavy atom. The molecule has 0 aromatic heterocycles. The number of ether oxygens (including phenoxy) is 1. The molecule has 136 valence electrons. The molecular formula is C21H24N2O3. The fourth-order valence-corrected chi connectivity index (χ4v) is 3.53. The number of amides is 1. The summed E-state index contributed by atoms with van der Waals surface area (Å²) in [6.45, 7) is 2.82. The highest BCUT2D eigenvalue weighted by Gasteiger charge is 2.33. The number of nitrogens with one attached hydrogen (secondary N) is 1. The van der Waals surface area contributed by atoms with Gasteiger partial charge >= 0.3 is 5.97 Å². The van der Waals surface area contributed by atoms with Gasteiger partial charge in [-0.2, -0.15) is 0 Å². The molecule has 2 aromatic carbocycles. The fraction of sp³-hybridized carbons (Fsp3) is 0.333. The van der Waals surface area contributed by atoms with Crippen molar-refractivity contribution in [3.05, 3.63) is 65.7 Å². The highest BCUT2D eigenvalue weighted by atomic mass is 16.5. The number of benzene rings is 2. The van der Waals surface area contributed by atoms with Gasteiger partial charge in [0.15, 0.2) is 0 Å². The van der Waals surface area contributed by atoms with Gasteiger partial charge in [-0.15, -0.1) is 0 Å². The standard InChI is InChI=1S/C21H24N2O3/c1-15(14-16-6-4-3-5-7-16)23(19-12-13-22-20(19)24)18-10-8-17(9-11-18)21(25)26-2/h3-11,15,19H,12-14H2,1-2H3,(H,22,24). The summed E-state index contributed by atoms with van der Waals surface area (Å²) in [6.07, 6.45) is 1.61. The van der Waals surface area contributed by atoms with Gasteiger partial charge < -0.3 is 15.0 Å². The summed E-state index contributed by atoms with van der Waals surface area (Å²) in [7, 11) is 1.37. The molecule has 5 heteroatoms. The number of hydrogen-bond acceptors (Lipinski definition) is 4. The van der Waals surface area contributed by atoms with E-state index in [1.807, 2.05) is 30.3 Å². The highest BCUT2D eigenvalue weighted by molar-refractivity contribution is 5.90. The third kappa shape index (κ3) is 3.87. The van der Waals surface area contributed by atoms with Crippen LogP contribution in [0.4, 0.5) is 5.69 Å². The number of nitrogens with zero attached hydrogens (tertiary/aromatic N) is 1. The summed E-state index contributed by atoms with van der Waals surface area (Å²) in [4.78, 5) is 26.2. The Morgan fingerprint density at radius 1 is 1.19 bits per heavy atom. The topological polar surface area (TPSA) is 58.6 Å². The normalized spacial score (nSPS) is 17.5. The first-order chi connectivity index (χ1) is 12.6. The van der Waals surface area contributed by atoms with Crippen LogP contribution in [0.25, 0.3) is 0 Å². The smallest absolute Gasteiger partial charge is 0.337 e. The molecule has 1 N–H and O–H groups in total. The van der Waals surface area contributed by atoms with Gasteiger partial charge in [0.2, 0.25) is 5.91 Å². The molecule has 5 nitrogen and oxygen atoms in total. The first kappa shape index (κ1) is 18.0. The van der Waals surface area contributed by atoms with E-state index >= 15 is 0 Å². The van der Waals surface area contributed by atoms with E-state index in [1.54, 1.807) is 12.1 Å². The van der Waals surface area contributed by atoms with Gasteiger partial charge in [0.25, 0.3) is 0 Å². The monoisotopic (exact) mass is 352 g/mol. The van der Waals surface area contributed by atoms with Crippen LogP contribution in [0.3, 0.4) is 0 Å². The molecule has 2 atom stereocenters. The largest absolute Gasteiger partial charge is 0.465 e. The van der Waals surface area contributed by atoms with E-state index < -0.39 is 0 Å². The summed E-state index contributed by atoms with van der Waals surface area (Å²) in [5.74, 6) is -0.305. The van der Waals surface area contributed by atoms with Gasteiger partial charge in [0, 0.05) is 18.3 Å². The lowest BCUT2D eigenvalue weighted by molar-refractivity contribution is -0.120. The third-order valence-corrected chi connectivity index (χ3v) is 4.79. The van der Waals surface area contributed by atoms with Crippen molar-refractivity contribution >= 4 is 17.6 Å². The number of esters is 1. The molecule has 3 rings (SSSR count). The molecule has 1 heterocycles. The Bertz CT molecular complexity index is 759. The van der Waals surface area contributed by atoms with Crippen LogP contribution in [0.1, 0.15) is 29.3 Å². The number of hydrogen-bond donors (Lipinski definition) is 1. The minimum Gasteiger partial charge on any atom is -0.465 e. The lowest BCUT2D eigenvalue weighted by Crippen LogP contribution is -2.47. The van der Waals surface area contributed by atoms with Crippen molar-refractivity contribution in [1.82, 2.24) is 5.32 Å². The van der Waals surface area contributed by atoms with Crippen LogP contribution in [0, 0.1) is 0 Å². The Balaban J connectivity index is 1.88. The van der Waals surface area contributed by atoms with Crippen molar-refractivity contribution in [1.29, 1.82) is 0 Å². The van der Waals surface area contributed by atoms with Crippen LogP contribution in [0.2, 0.25) is 0 Å². The molecule has 0 radical (unpaired) electrons. The van der Waals surface area contributed by atoms with Crippen LogP contribution < -0.4 is 10.2 Å². The first-order valence-electron chi connectivity index (χ1n) is 8.88. The Morgan fingerprint density at radius 2 is 1.88 bits per heavy atom. The predicted octanol–water partition coefficient (Wildman–Crippen LogP) is 2.80. The number of anilines is 1. The van der Waals surface area contributed by atoms with Gasteiger partial charge in [0.1, 0.15) is 6.04 Å². The van der Waals surface area contributed by atoms with E-state index in [1.165, 1.54) is 12.7 Å². The third-order valence-electron chi connectivity index (χ3n) is 4.79. The summed E-state index contributed by atoms with van der Waals surface area (Å²) in [5.41, 5.74) is 2.67. The summed E-state index contributed by atoms with van der Waals surface area (Å²) in [5, 5.41) is 2.92. The first-order valence-corrected chi connectivity index (χ1v) is 8.88. The van der Waals surface area contributed by atoms with Gasteiger partial charge in [-0.1, -0.05) is 30.3 Å². The van der Waals surface area contributed by atoms with Crippen LogP contribution >= 0.6 is 0 Å². The SMILES string of the molecule is COC(=O)c1ccc(N(C(C)Cc2ccccc2)C2CCNC2=O)cc1. The predicted molar refractivity (Wildman–Crippen MR) is 101 cm³/mol. The van der Waals surface area contributed by atoms with Crippen LogP contribution in [-0.2, 0) is 16.0 Å². The van der Waals surface area contributed by atoms with E-state index in [0.29, 0.717) is 12.1 Å². The van der Waals surface area contributed by atoms with Crippen molar-refractivity contribution in [2.24, 2.45) is 0 Å². The molecule has 0 spiro atoms. The van der Waals surface area contributed by atoms with E-state index in [-0.39, 0.29) is 24.0 Å². The molecule has 0 saturated carbocycles. The quantitative estimate of drug-likeness (QED) is 0.812. The van der Waals surface area contributed by atoms with Crippen molar-refractivity contribution in [3.8, 4) is 0 Å². The fourth-order valence-electron chi connectivity index (χ4n) is 3.53. The molecule has 1 saturated heterocycles. The van der Waals surface area contributed by atoms with E-state index in [9.17, 15) is 9.59 Å². The molecule has 0 bridgehead atoms. The Kier molecular flexibility index (Phi) is 5.56. The average molecular weight is 352 g/mol. The molecule has 0 aliphatic carbocycles. The zero-order chi connectivity index (χ0) is 18.5. The number of rotatable bonds is 6. The van der Waals surface area contributed by atoms with Crippen LogP contribution in [0.15, 0.2) is 54.6 Å². The van der Waals surface area contributed by atoms with Crippen molar-refractivity contribution in [2.45, 2.75) is 31.8 Å². The lowest BCUT2D eigenvalue weighted by atomic mass is 10.0. The minimum absolute atomic E-state index is 0.0574. The van der Waals surface area contributed by atoms with Gasteiger partial charge in [-0.05, 0) is 49.6 Å². The molecule has 2 unspecified atom stereocenters. The summed E-state index contributed by atoms with van der Waals surface area (Å²) < 4.78 is 4.76. The number of carbonyl (C=O) groups is 2. The second-order valence-corrected chi connectivity index (χ2v) is 6.58. The van der Waals surface area contributed by atoms with Crippen molar-refractivity contribution < 1.29 is 14.3 Å². The zero-order valence-corrected chi connectivity index (χ0v) is 15.1. The molecule has 26 heavy (non-hydrogen) atoms. The molecule has 1 aliphatic rings. The number of methoxy groups -OCH3 is 1. The summed E-state index contributed by atoms with van der Waals surface area (Å²) >= 11 is 0. The van der Waals surface area contributed by atoms with Gasteiger partial charge in [0.05, 0.1) is 12.7 Å². The van der Waals surface area contributed by atoms with E-state index in [0.717, 1.165) is 18.5 Å². The molecule has 1 aliphatic heterocycles. The van der Waals surface area contributed by atoms with Crippen LogP contribution in [0.5, 0.6) is 0 Å². The summed E-state index contributed by atoms with van der Waals surface area (Å²) in [6, 6.07) is 17.5. The second-order valence-electron chi connectivity index (χ2n) is 6.58. The maximum Gasteiger partial charge on any atom is 0.337 e. The van der Waals surface area contributed by atoms with Crippen molar-refractivity contribution in [2.75, 3.05) is 18.6 Å².